The van der Waals surface area contributed by atoms with Crippen LogP contribution in [0.5, 0.6) is 0 Å². The van der Waals surface area contributed by atoms with Crippen molar-refractivity contribution in [2.45, 2.75) is 68.2 Å². The highest BCUT2D eigenvalue weighted by atomic mass is 32.2. The highest BCUT2D eigenvalue weighted by Crippen LogP contribution is 2.27. The SMILES string of the molecule is CC(CN(CC(C)CC(C)(C)C)S(N)(=O)=O)CC(C)(C)C. The molecule has 5 heteroatoms. The van der Waals surface area contributed by atoms with E-state index in [4.69, 9.17) is 5.14 Å². The second-order valence-electron chi connectivity index (χ2n) is 9.10. The summed E-state index contributed by atoms with van der Waals surface area (Å²) in [4.78, 5) is 0. The Balaban J connectivity index is 4.77. The Bertz CT molecular complexity index is 381. The fourth-order valence-corrected chi connectivity index (χ4v) is 4.12. The number of hydrogen-bond donors (Lipinski definition) is 1. The lowest BCUT2D eigenvalue weighted by molar-refractivity contribution is 0.226. The molecule has 0 fully saturated rings. The Kier molecular flexibility index (Phi) is 7.38. The maximum absolute atomic E-state index is 11.8. The first-order chi connectivity index (χ1) is 9.10. The molecule has 0 bridgehead atoms. The van der Waals surface area contributed by atoms with E-state index in [1.54, 1.807) is 0 Å². The van der Waals surface area contributed by atoms with Gasteiger partial charge in [-0.05, 0) is 35.5 Å². The number of hydrogen-bond acceptors (Lipinski definition) is 2. The van der Waals surface area contributed by atoms with Crippen LogP contribution in [0.1, 0.15) is 68.2 Å². The topological polar surface area (TPSA) is 63.4 Å². The Morgan fingerprint density at radius 3 is 1.33 bits per heavy atom. The lowest BCUT2D eigenvalue weighted by Gasteiger charge is -2.31. The Morgan fingerprint density at radius 2 is 1.14 bits per heavy atom. The average molecular weight is 321 g/mol. The summed E-state index contributed by atoms with van der Waals surface area (Å²) in [5, 5.41) is 5.40. The summed E-state index contributed by atoms with van der Waals surface area (Å²) in [5.41, 5.74) is 0.390. The molecular formula is C16H36N2O2S. The van der Waals surface area contributed by atoms with Crippen LogP contribution in [0.4, 0.5) is 0 Å². The summed E-state index contributed by atoms with van der Waals surface area (Å²) in [6.07, 6.45) is 1.96. The van der Waals surface area contributed by atoms with Gasteiger partial charge in [-0.15, -0.1) is 0 Å². The fraction of sp³-hybridized carbons (Fsp3) is 1.00. The number of nitrogens with two attached hydrogens (primary N) is 1. The smallest absolute Gasteiger partial charge is 0.216 e. The van der Waals surface area contributed by atoms with E-state index in [-0.39, 0.29) is 10.8 Å². The van der Waals surface area contributed by atoms with Crippen LogP contribution in [-0.2, 0) is 10.2 Å². The normalized spacial score (nSPS) is 17.0. The van der Waals surface area contributed by atoms with Crippen molar-refractivity contribution in [1.82, 2.24) is 4.31 Å². The van der Waals surface area contributed by atoms with Gasteiger partial charge in [0.25, 0.3) is 10.2 Å². The Labute approximate surface area is 132 Å². The van der Waals surface area contributed by atoms with Crippen molar-refractivity contribution < 1.29 is 8.42 Å². The summed E-state index contributed by atoms with van der Waals surface area (Å²) in [6, 6.07) is 0. The first-order valence-electron chi connectivity index (χ1n) is 7.88. The molecule has 0 aliphatic carbocycles. The summed E-state index contributed by atoms with van der Waals surface area (Å²) in [6.45, 7) is 18.2. The third-order valence-corrected chi connectivity index (χ3v) is 4.33. The van der Waals surface area contributed by atoms with E-state index < -0.39 is 10.2 Å². The maximum Gasteiger partial charge on any atom is 0.276 e. The Hall–Kier alpha value is -0.130. The van der Waals surface area contributed by atoms with Gasteiger partial charge in [-0.1, -0.05) is 55.4 Å². The van der Waals surface area contributed by atoms with Crippen LogP contribution < -0.4 is 5.14 Å². The van der Waals surface area contributed by atoms with Crippen molar-refractivity contribution >= 4 is 10.2 Å². The molecule has 2 unspecified atom stereocenters. The van der Waals surface area contributed by atoms with E-state index in [0.717, 1.165) is 12.8 Å². The number of nitrogens with zero attached hydrogens (tertiary/aromatic N) is 1. The van der Waals surface area contributed by atoms with Crippen LogP contribution >= 0.6 is 0 Å². The van der Waals surface area contributed by atoms with Gasteiger partial charge < -0.3 is 0 Å². The zero-order valence-corrected chi connectivity index (χ0v) is 16.0. The van der Waals surface area contributed by atoms with Crippen LogP contribution in [0.15, 0.2) is 0 Å². The molecule has 0 aromatic carbocycles. The van der Waals surface area contributed by atoms with Gasteiger partial charge in [-0.3, -0.25) is 0 Å². The van der Waals surface area contributed by atoms with Gasteiger partial charge in [-0.25, -0.2) is 5.14 Å². The molecule has 0 spiro atoms. The first-order valence-corrected chi connectivity index (χ1v) is 9.38. The van der Waals surface area contributed by atoms with E-state index in [1.165, 1.54) is 4.31 Å². The molecule has 0 rings (SSSR count). The van der Waals surface area contributed by atoms with Crippen LogP contribution in [0.25, 0.3) is 0 Å². The summed E-state index contributed by atoms with van der Waals surface area (Å²) in [5.74, 6) is 0.593. The van der Waals surface area contributed by atoms with E-state index in [1.807, 2.05) is 0 Å². The predicted octanol–water partition coefficient (Wildman–Crippen LogP) is 3.64. The molecule has 2 N–H and O–H groups in total. The van der Waals surface area contributed by atoms with Crippen LogP contribution in [0.2, 0.25) is 0 Å². The van der Waals surface area contributed by atoms with E-state index >= 15 is 0 Å². The van der Waals surface area contributed by atoms with Gasteiger partial charge in [0.1, 0.15) is 0 Å². The number of rotatable bonds is 7. The van der Waals surface area contributed by atoms with Gasteiger partial charge in [0.15, 0.2) is 0 Å². The van der Waals surface area contributed by atoms with E-state index in [2.05, 4.69) is 55.4 Å². The molecule has 2 atom stereocenters. The largest absolute Gasteiger partial charge is 0.276 e. The van der Waals surface area contributed by atoms with Gasteiger partial charge in [0.2, 0.25) is 0 Å². The molecule has 0 aromatic rings. The quantitative estimate of drug-likeness (QED) is 0.778. The molecule has 0 saturated heterocycles. The van der Waals surface area contributed by atoms with Crippen molar-refractivity contribution in [3.05, 3.63) is 0 Å². The molecule has 0 amide bonds. The highest BCUT2D eigenvalue weighted by molar-refractivity contribution is 7.86. The molecule has 0 saturated carbocycles. The molecule has 0 radical (unpaired) electrons. The van der Waals surface area contributed by atoms with E-state index in [9.17, 15) is 8.42 Å². The van der Waals surface area contributed by atoms with Gasteiger partial charge in [-0.2, -0.15) is 12.7 Å². The second kappa shape index (κ2) is 7.42. The lowest BCUT2D eigenvalue weighted by Crippen LogP contribution is -2.42. The van der Waals surface area contributed by atoms with Crippen molar-refractivity contribution in [1.29, 1.82) is 0 Å². The summed E-state index contributed by atoms with van der Waals surface area (Å²) in [7, 11) is -3.63. The maximum atomic E-state index is 11.8. The minimum Gasteiger partial charge on any atom is -0.216 e. The zero-order chi connectivity index (χ0) is 17.1. The monoisotopic (exact) mass is 320 g/mol. The molecule has 21 heavy (non-hydrogen) atoms. The molecule has 0 aromatic heterocycles. The van der Waals surface area contributed by atoms with Crippen LogP contribution in [-0.4, -0.2) is 25.8 Å². The van der Waals surface area contributed by atoms with Gasteiger partial charge >= 0.3 is 0 Å². The standard InChI is InChI=1S/C16H36N2O2S/c1-13(9-15(3,4)5)11-18(21(17,19)20)12-14(2)10-16(6,7)8/h13-14H,9-12H2,1-8H3,(H2,17,19,20). The van der Waals surface area contributed by atoms with Gasteiger partial charge in [0.05, 0.1) is 0 Å². The third-order valence-electron chi connectivity index (χ3n) is 3.31. The minimum absolute atomic E-state index is 0.195. The van der Waals surface area contributed by atoms with E-state index in [0.29, 0.717) is 24.9 Å². The molecule has 4 nitrogen and oxygen atoms in total. The molecule has 0 aliphatic heterocycles. The minimum atomic E-state index is -3.63. The van der Waals surface area contributed by atoms with Crippen LogP contribution in [0.3, 0.4) is 0 Å². The molecule has 0 heterocycles. The van der Waals surface area contributed by atoms with Crippen molar-refractivity contribution in [2.75, 3.05) is 13.1 Å². The summed E-state index contributed by atoms with van der Waals surface area (Å²) < 4.78 is 25.1. The third kappa shape index (κ3) is 11.1. The predicted molar refractivity (Wildman–Crippen MR) is 91.2 cm³/mol. The lowest BCUT2D eigenvalue weighted by atomic mass is 9.84. The average Bonchev–Trinajstić information content (AvgIpc) is 2.07. The van der Waals surface area contributed by atoms with Crippen molar-refractivity contribution in [2.24, 2.45) is 27.8 Å². The first kappa shape index (κ1) is 20.9. The van der Waals surface area contributed by atoms with Gasteiger partial charge in [0, 0.05) is 13.1 Å². The van der Waals surface area contributed by atoms with Crippen LogP contribution in [0, 0.1) is 22.7 Å². The second-order valence-corrected chi connectivity index (χ2v) is 10.6. The summed E-state index contributed by atoms with van der Waals surface area (Å²) >= 11 is 0. The fourth-order valence-electron chi connectivity index (χ4n) is 3.20. The van der Waals surface area contributed by atoms with Crippen molar-refractivity contribution in [3.63, 3.8) is 0 Å². The highest BCUT2D eigenvalue weighted by Gasteiger charge is 2.26. The zero-order valence-electron chi connectivity index (χ0n) is 15.2. The Morgan fingerprint density at radius 1 is 0.857 bits per heavy atom. The molecule has 128 valence electrons. The molecule has 0 aliphatic rings. The van der Waals surface area contributed by atoms with Crippen molar-refractivity contribution in [3.8, 4) is 0 Å². The molecular weight excluding hydrogens is 284 g/mol.